The first-order valence-electron chi connectivity index (χ1n) is 4.12. The van der Waals surface area contributed by atoms with Crippen molar-refractivity contribution in [1.29, 1.82) is 0 Å². The smallest absolute Gasteiger partial charge is 0.140 e. The molecule has 0 spiro atoms. The molecule has 68 valence electrons. The Morgan fingerprint density at radius 3 is 3.08 bits per heavy atom. The lowest BCUT2D eigenvalue weighted by molar-refractivity contribution is -0.118. The number of halogens is 1. The van der Waals surface area contributed by atoms with Gasteiger partial charge in [-0.1, -0.05) is 17.7 Å². The quantitative estimate of drug-likeness (QED) is 0.690. The van der Waals surface area contributed by atoms with Gasteiger partial charge >= 0.3 is 0 Å². The van der Waals surface area contributed by atoms with Crippen molar-refractivity contribution in [1.82, 2.24) is 0 Å². The molecule has 2 rings (SSSR count). The van der Waals surface area contributed by atoms with E-state index < -0.39 is 0 Å². The second-order valence-electron chi connectivity index (χ2n) is 3.13. The first kappa shape index (κ1) is 8.57. The normalized spacial score (nSPS) is 19.4. The van der Waals surface area contributed by atoms with Crippen LogP contribution < -0.4 is 4.74 Å². The minimum atomic E-state index is -0.177. The molecule has 0 amide bonds. The van der Waals surface area contributed by atoms with Crippen molar-refractivity contribution in [3.8, 4) is 5.75 Å². The summed E-state index contributed by atoms with van der Waals surface area (Å²) >= 11 is 5.98. The minimum absolute atomic E-state index is 0.104. The molecule has 1 heterocycles. The molecule has 0 saturated heterocycles. The van der Waals surface area contributed by atoms with Crippen molar-refractivity contribution in [3.63, 3.8) is 0 Å². The maximum atomic E-state index is 11.2. The van der Waals surface area contributed by atoms with E-state index in [1.165, 1.54) is 0 Å². The van der Waals surface area contributed by atoms with Crippen molar-refractivity contribution in [2.24, 2.45) is 0 Å². The van der Waals surface area contributed by atoms with E-state index in [2.05, 4.69) is 0 Å². The van der Waals surface area contributed by atoms with Gasteiger partial charge < -0.3 is 4.74 Å². The zero-order valence-corrected chi connectivity index (χ0v) is 7.97. The van der Waals surface area contributed by atoms with Gasteiger partial charge in [0.25, 0.3) is 0 Å². The molecule has 0 saturated carbocycles. The van der Waals surface area contributed by atoms with Crippen LogP contribution in [0.3, 0.4) is 0 Å². The summed E-state index contributed by atoms with van der Waals surface area (Å²) in [4.78, 5) is 11.2. The summed E-state index contributed by atoms with van der Waals surface area (Å²) in [5, 5.41) is 0.621. The van der Waals surface area contributed by atoms with Crippen LogP contribution in [0.5, 0.6) is 5.75 Å². The van der Waals surface area contributed by atoms with Gasteiger partial charge in [0.05, 0.1) is 5.92 Å². The van der Waals surface area contributed by atoms with Crippen LogP contribution >= 0.6 is 11.6 Å². The van der Waals surface area contributed by atoms with Crippen LogP contribution in [-0.4, -0.2) is 12.4 Å². The van der Waals surface area contributed by atoms with Crippen LogP contribution in [0, 0.1) is 0 Å². The lowest BCUT2D eigenvalue weighted by Crippen LogP contribution is -2.10. The highest BCUT2D eigenvalue weighted by atomic mass is 35.5. The number of hydrogen-bond acceptors (Lipinski definition) is 2. The number of Topliss-reactive ketones (excluding diaryl/α,β-unsaturated/α-hetero) is 1. The van der Waals surface area contributed by atoms with E-state index in [0.29, 0.717) is 11.6 Å². The Bertz CT molecular complexity index is 360. The first-order valence-corrected chi connectivity index (χ1v) is 4.49. The molecule has 13 heavy (non-hydrogen) atoms. The third kappa shape index (κ3) is 1.31. The predicted octanol–water partition coefficient (Wildman–Crippen LogP) is 2.41. The topological polar surface area (TPSA) is 26.3 Å². The molecule has 0 radical (unpaired) electrons. The number of hydrogen-bond donors (Lipinski definition) is 0. The fourth-order valence-electron chi connectivity index (χ4n) is 1.56. The van der Waals surface area contributed by atoms with Gasteiger partial charge in [-0.3, -0.25) is 4.79 Å². The molecular weight excluding hydrogens is 188 g/mol. The van der Waals surface area contributed by atoms with E-state index in [1.807, 2.05) is 12.1 Å². The van der Waals surface area contributed by atoms with Crippen molar-refractivity contribution < 1.29 is 9.53 Å². The maximum absolute atomic E-state index is 11.2. The SMILES string of the molecule is CC(=O)C1COc2cccc(Cl)c21. The summed E-state index contributed by atoms with van der Waals surface area (Å²) in [6.45, 7) is 1.99. The van der Waals surface area contributed by atoms with Crippen LogP contribution in [0.2, 0.25) is 5.02 Å². The van der Waals surface area contributed by atoms with Crippen LogP contribution in [0.25, 0.3) is 0 Å². The molecule has 0 fully saturated rings. The summed E-state index contributed by atoms with van der Waals surface area (Å²) in [5.41, 5.74) is 0.844. The van der Waals surface area contributed by atoms with Gasteiger partial charge in [0.1, 0.15) is 18.1 Å². The number of ketones is 1. The molecule has 2 nitrogen and oxygen atoms in total. The van der Waals surface area contributed by atoms with E-state index in [-0.39, 0.29) is 11.7 Å². The lowest BCUT2D eigenvalue weighted by Gasteiger charge is -2.04. The molecule has 1 aliphatic rings. The minimum Gasteiger partial charge on any atom is -0.492 e. The third-order valence-electron chi connectivity index (χ3n) is 2.26. The van der Waals surface area contributed by atoms with E-state index in [4.69, 9.17) is 16.3 Å². The van der Waals surface area contributed by atoms with Crippen molar-refractivity contribution in [2.45, 2.75) is 12.8 Å². The van der Waals surface area contributed by atoms with Gasteiger partial charge in [-0.25, -0.2) is 0 Å². The Kier molecular flexibility index (Phi) is 2.00. The third-order valence-corrected chi connectivity index (χ3v) is 2.59. The summed E-state index contributed by atoms with van der Waals surface area (Å²) < 4.78 is 5.35. The number of benzene rings is 1. The van der Waals surface area contributed by atoms with E-state index in [0.717, 1.165) is 11.3 Å². The molecule has 0 aromatic heterocycles. The summed E-state index contributed by atoms with van der Waals surface area (Å²) in [6, 6.07) is 5.44. The molecule has 1 unspecified atom stereocenters. The molecule has 1 aromatic rings. The van der Waals surface area contributed by atoms with E-state index >= 15 is 0 Å². The van der Waals surface area contributed by atoms with Gasteiger partial charge in [0.2, 0.25) is 0 Å². The van der Waals surface area contributed by atoms with Crippen LogP contribution in [0.1, 0.15) is 18.4 Å². The standard InChI is InChI=1S/C10H9ClO2/c1-6(12)7-5-13-9-4-2-3-8(11)10(7)9/h2-4,7H,5H2,1H3. The zero-order chi connectivity index (χ0) is 9.42. The van der Waals surface area contributed by atoms with Gasteiger partial charge in [0.15, 0.2) is 0 Å². The number of fused-ring (bicyclic) bond motifs is 1. The number of ether oxygens (including phenoxy) is 1. The largest absolute Gasteiger partial charge is 0.492 e. The number of carbonyl (C=O) groups is 1. The molecule has 1 aliphatic heterocycles. The van der Waals surface area contributed by atoms with Gasteiger partial charge in [-0.15, -0.1) is 0 Å². The molecule has 0 aliphatic carbocycles. The van der Waals surface area contributed by atoms with Gasteiger partial charge in [-0.05, 0) is 19.1 Å². The highest BCUT2D eigenvalue weighted by molar-refractivity contribution is 6.32. The Labute approximate surface area is 81.5 Å². The lowest BCUT2D eigenvalue weighted by atomic mass is 9.98. The van der Waals surface area contributed by atoms with Crippen molar-refractivity contribution in [3.05, 3.63) is 28.8 Å². The maximum Gasteiger partial charge on any atom is 0.140 e. The first-order chi connectivity index (χ1) is 6.20. The fraction of sp³-hybridized carbons (Fsp3) is 0.300. The average molecular weight is 197 g/mol. The Balaban J connectivity index is 2.52. The Hall–Kier alpha value is -1.02. The Morgan fingerprint density at radius 1 is 1.62 bits per heavy atom. The zero-order valence-electron chi connectivity index (χ0n) is 7.21. The van der Waals surface area contributed by atoms with E-state index in [9.17, 15) is 4.79 Å². The van der Waals surface area contributed by atoms with Crippen LogP contribution in [0.4, 0.5) is 0 Å². The van der Waals surface area contributed by atoms with Gasteiger partial charge in [0, 0.05) is 10.6 Å². The predicted molar refractivity (Wildman–Crippen MR) is 50.4 cm³/mol. The number of carbonyl (C=O) groups excluding carboxylic acids is 1. The second-order valence-corrected chi connectivity index (χ2v) is 3.53. The molecule has 0 bridgehead atoms. The molecule has 0 N–H and O–H groups in total. The number of rotatable bonds is 1. The monoisotopic (exact) mass is 196 g/mol. The summed E-state index contributed by atoms with van der Waals surface area (Å²) in [7, 11) is 0. The van der Waals surface area contributed by atoms with Crippen LogP contribution in [0.15, 0.2) is 18.2 Å². The van der Waals surface area contributed by atoms with Crippen molar-refractivity contribution in [2.75, 3.05) is 6.61 Å². The fourth-order valence-corrected chi connectivity index (χ4v) is 1.86. The molecule has 1 atom stereocenters. The highest BCUT2D eigenvalue weighted by Crippen LogP contribution is 2.39. The summed E-state index contributed by atoms with van der Waals surface area (Å²) in [5.74, 6) is 0.670. The molecular formula is C10H9ClO2. The second kappa shape index (κ2) is 3.04. The van der Waals surface area contributed by atoms with E-state index in [1.54, 1.807) is 13.0 Å². The molecule has 3 heteroatoms. The molecule has 1 aromatic carbocycles. The van der Waals surface area contributed by atoms with Gasteiger partial charge in [-0.2, -0.15) is 0 Å². The average Bonchev–Trinajstić information content (AvgIpc) is 2.49. The summed E-state index contributed by atoms with van der Waals surface area (Å²) in [6.07, 6.45) is 0. The Morgan fingerprint density at radius 2 is 2.38 bits per heavy atom. The highest BCUT2D eigenvalue weighted by Gasteiger charge is 2.29. The van der Waals surface area contributed by atoms with Crippen LogP contribution in [-0.2, 0) is 4.79 Å². The van der Waals surface area contributed by atoms with Crippen molar-refractivity contribution >= 4 is 17.4 Å².